The smallest absolute Gasteiger partial charge is 0.326 e. The van der Waals surface area contributed by atoms with Crippen molar-refractivity contribution in [3.63, 3.8) is 0 Å². The van der Waals surface area contributed by atoms with Gasteiger partial charge in [-0.05, 0) is 31.1 Å². The Morgan fingerprint density at radius 1 is 1.43 bits per heavy atom. The van der Waals surface area contributed by atoms with E-state index in [2.05, 4.69) is 5.32 Å². The minimum atomic E-state index is -0.904. The van der Waals surface area contributed by atoms with Crippen LogP contribution in [0.4, 0.5) is 4.79 Å². The number of nitrogens with one attached hydrogen (secondary N) is 1. The van der Waals surface area contributed by atoms with Crippen LogP contribution in [0.25, 0.3) is 0 Å². The standard InChI is InChI=1S/C14H24N2O4S/c1-9(21(2)20)6-7-15-14(19)16-8-10-4-3-5-11(10)12(16)13(17)18/h9-12H,3-8H2,1-2H3,(H,15,19)(H,17,18). The van der Waals surface area contributed by atoms with Crippen molar-refractivity contribution >= 4 is 22.8 Å². The van der Waals surface area contributed by atoms with Gasteiger partial charge in [0.25, 0.3) is 0 Å². The van der Waals surface area contributed by atoms with E-state index in [4.69, 9.17) is 0 Å². The molecule has 120 valence electrons. The second-order valence-electron chi connectivity index (χ2n) is 6.12. The highest BCUT2D eigenvalue weighted by Crippen LogP contribution is 2.42. The minimum Gasteiger partial charge on any atom is -0.480 e. The number of carboxylic acid groups (broad SMARTS) is 1. The van der Waals surface area contributed by atoms with Crippen LogP contribution >= 0.6 is 0 Å². The number of urea groups is 1. The SMILES string of the molecule is CC(CCNC(=O)N1CC2CCCC2C1C(=O)O)S(C)=O. The molecule has 6 nitrogen and oxygen atoms in total. The highest BCUT2D eigenvalue weighted by molar-refractivity contribution is 7.84. The normalized spacial score (nSPS) is 30.8. The molecule has 0 spiro atoms. The van der Waals surface area contributed by atoms with E-state index < -0.39 is 22.8 Å². The third-order valence-electron chi connectivity index (χ3n) is 4.80. The quantitative estimate of drug-likeness (QED) is 0.793. The van der Waals surface area contributed by atoms with Crippen molar-refractivity contribution in [2.24, 2.45) is 11.8 Å². The van der Waals surface area contributed by atoms with E-state index in [1.54, 1.807) is 6.26 Å². The molecule has 5 unspecified atom stereocenters. The number of hydrogen-bond donors (Lipinski definition) is 2. The molecule has 1 aliphatic carbocycles. The van der Waals surface area contributed by atoms with Crippen molar-refractivity contribution in [1.29, 1.82) is 0 Å². The summed E-state index contributed by atoms with van der Waals surface area (Å²) in [5.74, 6) is -0.461. The van der Waals surface area contributed by atoms with Gasteiger partial charge < -0.3 is 15.3 Å². The molecule has 5 atom stereocenters. The molecule has 0 radical (unpaired) electrons. The van der Waals surface area contributed by atoms with E-state index in [1.807, 2.05) is 6.92 Å². The Balaban J connectivity index is 1.89. The lowest BCUT2D eigenvalue weighted by atomic mass is 9.94. The predicted octanol–water partition coefficient (Wildman–Crippen LogP) is 1.04. The number of amides is 2. The molecule has 1 saturated carbocycles. The molecule has 1 aliphatic heterocycles. The molecule has 21 heavy (non-hydrogen) atoms. The Kier molecular flexibility index (Phi) is 5.24. The Morgan fingerprint density at radius 3 is 2.76 bits per heavy atom. The molecule has 1 saturated heterocycles. The zero-order valence-corrected chi connectivity index (χ0v) is 13.4. The average molecular weight is 316 g/mol. The Labute approximate surface area is 127 Å². The number of carboxylic acids is 1. The van der Waals surface area contributed by atoms with E-state index in [-0.39, 0.29) is 17.2 Å². The summed E-state index contributed by atoms with van der Waals surface area (Å²) in [6, 6.07) is -0.985. The van der Waals surface area contributed by atoms with Crippen LogP contribution in [0.5, 0.6) is 0 Å². The maximum atomic E-state index is 12.2. The van der Waals surface area contributed by atoms with Gasteiger partial charge in [-0.2, -0.15) is 0 Å². The lowest BCUT2D eigenvalue weighted by Crippen LogP contribution is -2.48. The number of aliphatic carboxylic acids is 1. The van der Waals surface area contributed by atoms with Crippen LogP contribution in [0.3, 0.4) is 0 Å². The van der Waals surface area contributed by atoms with Gasteiger partial charge in [-0.25, -0.2) is 9.59 Å². The van der Waals surface area contributed by atoms with Crippen LogP contribution in [0.15, 0.2) is 0 Å². The van der Waals surface area contributed by atoms with Crippen molar-refractivity contribution in [2.45, 2.75) is 43.9 Å². The second kappa shape index (κ2) is 6.77. The Hall–Kier alpha value is -1.11. The lowest BCUT2D eigenvalue weighted by Gasteiger charge is -2.24. The number of nitrogens with zero attached hydrogens (tertiary/aromatic N) is 1. The summed E-state index contributed by atoms with van der Waals surface area (Å²) in [6.07, 6.45) is 5.26. The highest BCUT2D eigenvalue weighted by atomic mass is 32.2. The molecule has 0 aromatic carbocycles. The van der Waals surface area contributed by atoms with Gasteiger partial charge in [-0.3, -0.25) is 4.21 Å². The van der Waals surface area contributed by atoms with Gasteiger partial charge >= 0.3 is 12.0 Å². The van der Waals surface area contributed by atoms with Gasteiger partial charge in [-0.15, -0.1) is 0 Å². The fraction of sp³-hybridized carbons (Fsp3) is 0.857. The third-order valence-corrected chi connectivity index (χ3v) is 6.17. The van der Waals surface area contributed by atoms with Gasteiger partial charge in [0.15, 0.2) is 0 Å². The van der Waals surface area contributed by atoms with Crippen molar-refractivity contribution < 1.29 is 18.9 Å². The van der Waals surface area contributed by atoms with E-state index in [0.29, 0.717) is 25.4 Å². The van der Waals surface area contributed by atoms with E-state index in [1.165, 1.54) is 4.90 Å². The van der Waals surface area contributed by atoms with Gasteiger partial charge in [0.05, 0.1) is 0 Å². The Bertz CT molecular complexity index is 443. The molecule has 2 fully saturated rings. The first kappa shape index (κ1) is 16.3. The van der Waals surface area contributed by atoms with E-state index in [9.17, 15) is 18.9 Å². The van der Waals surface area contributed by atoms with Gasteiger partial charge in [0.1, 0.15) is 6.04 Å². The zero-order chi connectivity index (χ0) is 15.6. The van der Waals surface area contributed by atoms with Crippen LogP contribution in [-0.2, 0) is 15.6 Å². The number of carbonyl (C=O) groups is 2. The zero-order valence-electron chi connectivity index (χ0n) is 12.6. The molecule has 2 amide bonds. The number of rotatable bonds is 5. The molecule has 7 heteroatoms. The monoisotopic (exact) mass is 316 g/mol. The van der Waals surface area contributed by atoms with Crippen molar-refractivity contribution in [3.8, 4) is 0 Å². The first-order valence-electron chi connectivity index (χ1n) is 7.51. The molecular formula is C14H24N2O4S. The van der Waals surface area contributed by atoms with Gasteiger partial charge in [-0.1, -0.05) is 13.3 Å². The summed E-state index contributed by atoms with van der Waals surface area (Å²) in [6.45, 7) is 2.85. The summed E-state index contributed by atoms with van der Waals surface area (Å²) in [5, 5.41) is 12.2. The number of fused-ring (bicyclic) bond motifs is 1. The van der Waals surface area contributed by atoms with Crippen molar-refractivity contribution in [1.82, 2.24) is 10.2 Å². The van der Waals surface area contributed by atoms with Gasteiger partial charge in [0.2, 0.25) is 0 Å². The highest BCUT2D eigenvalue weighted by Gasteiger charge is 2.49. The average Bonchev–Trinajstić information content (AvgIpc) is 2.97. The van der Waals surface area contributed by atoms with E-state index >= 15 is 0 Å². The topological polar surface area (TPSA) is 86.7 Å². The summed E-state index contributed by atoms with van der Waals surface area (Å²) in [7, 11) is -0.904. The van der Waals surface area contributed by atoms with Crippen LogP contribution in [-0.4, -0.2) is 56.9 Å². The molecule has 0 aromatic rings. The predicted molar refractivity (Wildman–Crippen MR) is 80.5 cm³/mol. The number of hydrogen-bond acceptors (Lipinski definition) is 3. The second-order valence-corrected chi connectivity index (χ2v) is 7.92. The number of carbonyl (C=O) groups excluding carboxylic acids is 1. The van der Waals surface area contributed by atoms with Crippen LogP contribution in [0.2, 0.25) is 0 Å². The fourth-order valence-corrected chi connectivity index (χ4v) is 3.93. The molecular weight excluding hydrogens is 292 g/mol. The van der Waals surface area contributed by atoms with Gasteiger partial charge in [0, 0.05) is 35.4 Å². The molecule has 2 N–H and O–H groups in total. The molecule has 0 bridgehead atoms. The summed E-state index contributed by atoms with van der Waals surface area (Å²) in [4.78, 5) is 25.2. The molecule has 2 rings (SSSR count). The van der Waals surface area contributed by atoms with Crippen LogP contribution < -0.4 is 5.32 Å². The largest absolute Gasteiger partial charge is 0.480 e. The summed E-state index contributed by atoms with van der Waals surface area (Å²) < 4.78 is 11.3. The lowest BCUT2D eigenvalue weighted by molar-refractivity contribution is -0.142. The fourth-order valence-electron chi connectivity index (χ4n) is 3.48. The van der Waals surface area contributed by atoms with E-state index in [0.717, 1.165) is 19.3 Å². The van der Waals surface area contributed by atoms with Crippen molar-refractivity contribution in [2.75, 3.05) is 19.3 Å². The minimum absolute atomic E-state index is 0.0264. The van der Waals surface area contributed by atoms with Crippen molar-refractivity contribution in [3.05, 3.63) is 0 Å². The molecule has 2 aliphatic rings. The number of likely N-dealkylation sites (tertiary alicyclic amines) is 1. The first-order chi connectivity index (χ1) is 9.91. The molecule has 1 heterocycles. The summed E-state index contributed by atoms with van der Waals surface area (Å²) >= 11 is 0. The maximum absolute atomic E-state index is 12.2. The van der Waals surface area contributed by atoms with Crippen LogP contribution in [0.1, 0.15) is 32.6 Å². The van der Waals surface area contributed by atoms with Crippen LogP contribution in [0, 0.1) is 11.8 Å². The Morgan fingerprint density at radius 2 is 2.14 bits per heavy atom. The maximum Gasteiger partial charge on any atom is 0.326 e. The molecule has 0 aromatic heterocycles. The summed E-state index contributed by atoms with van der Waals surface area (Å²) in [5.41, 5.74) is 0. The third kappa shape index (κ3) is 3.56. The first-order valence-corrected chi connectivity index (χ1v) is 9.13.